The molecule has 0 fully saturated rings. The lowest BCUT2D eigenvalue weighted by Crippen LogP contribution is -2.30. The number of anilines is 1. The van der Waals surface area contributed by atoms with Crippen molar-refractivity contribution in [3.8, 4) is 5.69 Å². The van der Waals surface area contributed by atoms with Gasteiger partial charge in [-0.2, -0.15) is 4.68 Å². The molecular formula is C24H30N6O2S. The molecule has 0 saturated heterocycles. The van der Waals surface area contributed by atoms with E-state index < -0.39 is 0 Å². The molecular weight excluding hydrogens is 436 g/mol. The van der Waals surface area contributed by atoms with Crippen molar-refractivity contribution in [1.29, 1.82) is 0 Å². The molecule has 2 amide bonds. The van der Waals surface area contributed by atoms with Gasteiger partial charge in [0.2, 0.25) is 11.1 Å². The first-order valence-corrected chi connectivity index (χ1v) is 12.2. The Kier molecular flexibility index (Phi) is 9.00. The molecule has 0 spiro atoms. The van der Waals surface area contributed by atoms with E-state index in [-0.39, 0.29) is 17.6 Å². The number of thioether (sulfide) groups is 1. The molecule has 8 nitrogen and oxygen atoms in total. The predicted octanol–water partition coefficient (Wildman–Crippen LogP) is 4.22. The van der Waals surface area contributed by atoms with Crippen LogP contribution in [0.2, 0.25) is 0 Å². The summed E-state index contributed by atoms with van der Waals surface area (Å²) in [6, 6.07) is 15.1. The minimum atomic E-state index is -0.174. The fourth-order valence-electron chi connectivity index (χ4n) is 3.33. The van der Waals surface area contributed by atoms with Gasteiger partial charge in [-0.15, -0.1) is 5.10 Å². The lowest BCUT2D eigenvalue weighted by Gasteiger charge is -2.18. The van der Waals surface area contributed by atoms with Crippen LogP contribution in [-0.4, -0.2) is 55.8 Å². The minimum absolute atomic E-state index is 0.0151. The molecule has 0 aliphatic carbocycles. The summed E-state index contributed by atoms with van der Waals surface area (Å²) in [6.07, 6.45) is 3.38. The lowest BCUT2D eigenvalue weighted by atomic mass is 10.1. The second kappa shape index (κ2) is 12.2. The zero-order chi connectivity index (χ0) is 23.6. The molecule has 2 aromatic carbocycles. The fourth-order valence-corrected chi connectivity index (χ4v) is 4.02. The third-order valence-corrected chi connectivity index (χ3v) is 6.16. The fraction of sp³-hybridized carbons (Fsp3) is 0.375. The van der Waals surface area contributed by atoms with E-state index in [4.69, 9.17) is 0 Å². The Morgan fingerprint density at radius 2 is 1.70 bits per heavy atom. The first-order valence-electron chi connectivity index (χ1n) is 11.2. The number of nitrogens with one attached hydrogen (secondary N) is 1. The molecule has 1 N–H and O–H groups in total. The summed E-state index contributed by atoms with van der Waals surface area (Å²) in [7, 11) is 0. The number of nitrogens with zero attached hydrogens (tertiary/aromatic N) is 5. The molecule has 0 radical (unpaired) electrons. The molecule has 0 saturated carbocycles. The molecule has 1 heterocycles. The molecule has 0 unspecified atom stereocenters. The average molecular weight is 467 g/mol. The van der Waals surface area contributed by atoms with Gasteiger partial charge in [-0.05, 0) is 79.1 Å². The van der Waals surface area contributed by atoms with Crippen molar-refractivity contribution < 1.29 is 9.59 Å². The van der Waals surface area contributed by atoms with Crippen LogP contribution in [0, 0.1) is 0 Å². The molecule has 0 aliphatic heterocycles. The van der Waals surface area contributed by atoms with Gasteiger partial charge in [-0.25, -0.2) is 0 Å². The van der Waals surface area contributed by atoms with Crippen LogP contribution < -0.4 is 5.32 Å². The largest absolute Gasteiger partial charge is 0.339 e. The van der Waals surface area contributed by atoms with Crippen molar-refractivity contribution in [3.63, 3.8) is 0 Å². The monoisotopic (exact) mass is 466 g/mol. The molecule has 33 heavy (non-hydrogen) atoms. The van der Waals surface area contributed by atoms with Gasteiger partial charge in [0.15, 0.2) is 0 Å². The number of unbranched alkanes of at least 4 members (excludes halogenated alkanes) is 1. The Balaban J connectivity index is 1.56. The van der Waals surface area contributed by atoms with E-state index in [1.807, 2.05) is 26.0 Å². The van der Waals surface area contributed by atoms with Crippen LogP contribution in [0.5, 0.6) is 0 Å². The van der Waals surface area contributed by atoms with Crippen LogP contribution in [0.1, 0.15) is 49.5 Å². The number of hydrogen-bond donors (Lipinski definition) is 1. The van der Waals surface area contributed by atoms with E-state index in [9.17, 15) is 9.59 Å². The zero-order valence-electron chi connectivity index (χ0n) is 19.3. The van der Waals surface area contributed by atoms with E-state index in [2.05, 4.69) is 39.9 Å². The van der Waals surface area contributed by atoms with Crippen LogP contribution in [-0.2, 0) is 11.2 Å². The second-order valence-corrected chi connectivity index (χ2v) is 8.48. The summed E-state index contributed by atoms with van der Waals surface area (Å²) < 4.78 is 1.63. The second-order valence-electron chi connectivity index (χ2n) is 7.53. The van der Waals surface area contributed by atoms with Gasteiger partial charge in [0, 0.05) is 24.3 Å². The minimum Gasteiger partial charge on any atom is -0.339 e. The van der Waals surface area contributed by atoms with Crippen LogP contribution in [0.15, 0.2) is 53.7 Å². The topological polar surface area (TPSA) is 93.0 Å². The van der Waals surface area contributed by atoms with Crippen LogP contribution >= 0.6 is 11.8 Å². The van der Waals surface area contributed by atoms with E-state index >= 15 is 0 Å². The lowest BCUT2D eigenvalue weighted by molar-refractivity contribution is -0.113. The predicted molar refractivity (Wildman–Crippen MR) is 131 cm³/mol. The smallest absolute Gasteiger partial charge is 0.253 e. The van der Waals surface area contributed by atoms with E-state index in [1.54, 1.807) is 33.8 Å². The number of carbonyl (C=O) groups is 2. The molecule has 0 aliphatic rings. The van der Waals surface area contributed by atoms with Crippen molar-refractivity contribution in [2.45, 2.75) is 45.2 Å². The first kappa shape index (κ1) is 24.4. The normalized spacial score (nSPS) is 10.8. The number of amides is 2. The van der Waals surface area contributed by atoms with Crippen molar-refractivity contribution in [2.75, 3.05) is 24.2 Å². The zero-order valence-corrected chi connectivity index (χ0v) is 20.1. The summed E-state index contributed by atoms with van der Waals surface area (Å²) in [6.45, 7) is 7.40. The van der Waals surface area contributed by atoms with E-state index in [0.29, 0.717) is 29.5 Å². The number of tetrazole rings is 1. The van der Waals surface area contributed by atoms with Crippen molar-refractivity contribution >= 4 is 29.3 Å². The molecule has 0 atom stereocenters. The van der Waals surface area contributed by atoms with Gasteiger partial charge in [0.05, 0.1) is 11.4 Å². The number of benzene rings is 2. The maximum absolute atomic E-state index is 12.4. The molecule has 3 rings (SSSR count). The van der Waals surface area contributed by atoms with E-state index in [1.165, 1.54) is 17.3 Å². The summed E-state index contributed by atoms with van der Waals surface area (Å²) in [5, 5.41) is 15.3. The Morgan fingerprint density at radius 3 is 2.33 bits per heavy atom. The SMILES string of the molecule is CCCCc1ccc(-n2nnnc2SCC(=O)Nc2ccc(C(=O)N(CC)CC)cc2)cc1. The van der Waals surface area contributed by atoms with Gasteiger partial charge in [0.25, 0.3) is 5.91 Å². The number of carbonyl (C=O) groups excluding carboxylic acids is 2. The average Bonchev–Trinajstić information content (AvgIpc) is 3.31. The highest BCUT2D eigenvalue weighted by molar-refractivity contribution is 7.99. The maximum atomic E-state index is 12.4. The number of aryl methyl sites for hydroxylation is 1. The number of rotatable bonds is 11. The van der Waals surface area contributed by atoms with Crippen LogP contribution in [0.3, 0.4) is 0 Å². The summed E-state index contributed by atoms with van der Waals surface area (Å²) in [4.78, 5) is 26.6. The maximum Gasteiger partial charge on any atom is 0.253 e. The number of aromatic nitrogens is 4. The highest BCUT2D eigenvalue weighted by atomic mass is 32.2. The third kappa shape index (κ3) is 6.64. The Morgan fingerprint density at radius 1 is 1.00 bits per heavy atom. The van der Waals surface area contributed by atoms with Crippen molar-refractivity contribution in [1.82, 2.24) is 25.1 Å². The first-order chi connectivity index (χ1) is 16.0. The highest BCUT2D eigenvalue weighted by Gasteiger charge is 2.14. The highest BCUT2D eigenvalue weighted by Crippen LogP contribution is 2.20. The third-order valence-electron chi connectivity index (χ3n) is 5.24. The number of hydrogen-bond acceptors (Lipinski definition) is 6. The van der Waals surface area contributed by atoms with E-state index in [0.717, 1.165) is 24.9 Å². The molecule has 0 bridgehead atoms. The van der Waals surface area contributed by atoms with Crippen LogP contribution in [0.25, 0.3) is 5.69 Å². The summed E-state index contributed by atoms with van der Waals surface area (Å²) >= 11 is 1.27. The van der Waals surface area contributed by atoms with Gasteiger partial charge < -0.3 is 10.2 Å². The van der Waals surface area contributed by atoms with Crippen LogP contribution in [0.4, 0.5) is 5.69 Å². The standard InChI is InChI=1S/C24H30N6O2S/c1-4-7-8-18-9-15-21(16-10-18)30-24(26-27-28-30)33-17-22(31)25-20-13-11-19(12-14-20)23(32)29(5-2)6-3/h9-16H,4-8,17H2,1-3H3,(H,25,31). The molecule has 3 aromatic rings. The Hall–Kier alpha value is -3.20. The Bertz CT molecular complexity index is 1050. The van der Waals surface area contributed by atoms with Gasteiger partial charge >= 0.3 is 0 Å². The van der Waals surface area contributed by atoms with Gasteiger partial charge in [-0.1, -0.05) is 37.2 Å². The molecule has 1 aromatic heterocycles. The molecule has 174 valence electrons. The quantitative estimate of drug-likeness (QED) is 0.425. The van der Waals surface area contributed by atoms with Crippen molar-refractivity contribution in [2.24, 2.45) is 0 Å². The molecule has 9 heteroatoms. The summed E-state index contributed by atoms with van der Waals surface area (Å²) in [5.41, 5.74) is 3.38. The van der Waals surface area contributed by atoms with Crippen molar-refractivity contribution in [3.05, 3.63) is 59.7 Å². The summed E-state index contributed by atoms with van der Waals surface area (Å²) in [5.74, 6) is -0.0271. The Labute approximate surface area is 198 Å². The van der Waals surface area contributed by atoms with Gasteiger partial charge in [-0.3, -0.25) is 9.59 Å². The van der Waals surface area contributed by atoms with Gasteiger partial charge in [0.1, 0.15) is 0 Å².